The van der Waals surface area contributed by atoms with E-state index in [-0.39, 0.29) is 6.61 Å². The summed E-state index contributed by atoms with van der Waals surface area (Å²) >= 11 is 5.33. The van der Waals surface area contributed by atoms with E-state index in [1.807, 2.05) is 54.2 Å². The number of carbonyl (C=O) groups excluding carboxylic acids is 1. The molecule has 0 unspecified atom stereocenters. The van der Waals surface area contributed by atoms with Crippen molar-refractivity contribution in [3.63, 3.8) is 0 Å². The zero-order valence-electron chi connectivity index (χ0n) is 15.8. The van der Waals surface area contributed by atoms with Crippen LogP contribution in [0.1, 0.15) is 25.0 Å². The molecule has 1 aromatic carbocycles. The van der Waals surface area contributed by atoms with Crippen LogP contribution in [0.2, 0.25) is 0 Å². The highest BCUT2D eigenvalue weighted by molar-refractivity contribution is 6.30. The molecule has 7 heteroatoms. The highest BCUT2D eigenvalue weighted by Crippen LogP contribution is 2.60. The number of carbonyl (C=O) groups is 1. The normalized spacial score (nSPS) is 21.5. The first-order chi connectivity index (χ1) is 13.0. The fourth-order valence-electron chi connectivity index (χ4n) is 3.53. The molecule has 0 amide bonds. The zero-order valence-corrected chi connectivity index (χ0v) is 16.5. The highest BCUT2D eigenvalue weighted by Gasteiger charge is 2.62. The first kappa shape index (κ1) is 20.5. The average Bonchev–Trinajstić information content (AvgIpc) is 2.98. The van der Waals surface area contributed by atoms with Crippen molar-refractivity contribution in [3.8, 4) is 5.69 Å². The largest absolute Gasteiger partial charge is 0.461 e. The summed E-state index contributed by atoms with van der Waals surface area (Å²) in [5.74, 6) is -1.75. The number of ether oxygens (including phenoxy) is 1. The van der Waals surface area contributed by atoms with Gasteiger partial charge in [0.05, 0.1) is 5.92 Å². The SMILES string of the molecule is Cc1c(COC(=O)[C@H]2[C@@H](C=C(Cl)C(F)(F)F)C2(C)C)cccc1-n1cccc1. The van der Waals surface area contributed by atoms with E-state index in [4.69, 9.17) is 16.3 Å². The van der Waals surface area contributed by atoms with Gasteiger partial charge < -0.3 is 9.30 Å². The highest BCUT2D eigenvalue weighted by atomic mass is 35.5. The second-order valence-electron chi connectivity index (χ2n) is 7.60. The van der Waals surface area contributed by atoms with E-state index in [9.17, 15) is 18.0 Å². The van der Waals surface area contributed by atoms with Gasteiger partial charge in [-0.1, -0.05) is 43.7 Å². The Balaban J connectivity index is 1.69. The van der Waals surface area contributed by atoms with Crippen LogP contribution in [0.5, 0.6) is 0 Å². The van der Waals surface area contributed by atoms with Gasteiger partial charge in [0.1, 0.15) is 11.6 Å². The second-order valence-corrected chi connectivity index (χ2v) is 8.00. The molecule has 0 bridgehead atoms. The van der Waals surface area contributed by atoms with Crippen molar-refractivity contribution < 1.29 is 22.7 Å². The molecule has 28 heavy (non-hydrogen) atoms. The molecule has 1 saturated carbocycles. The number of esters is 1. The van der Waals surface area contributed by atoms with Gasteiger partial charge in [-0.2, -0.15) is 13.2 Å². The Hall–Kier alpha value is -2.21. The first-order valence-electron chi connectivity index (χ1n) is 8.86. The van der Waals surface area contributed by atoms with E-state index in [1.54, 1.807) is 13.8 Å². The van der Waals surface area contributed by atoms with E-state index >= 15 is 0 Å². The van der Waals surface area contributed by atoms with Gasteiger partial charge in [0.2, 0.25) is 0 Å². The van der Waals surface area contributed by atoms with E-state index in [1.165, 1.54) is 0 Å². The van der Waals surface area contributed by atoms with Crippen LogP contribution in [-0.2, 0) is 16.1 Å². The lowest BCUT2D eigenvalue weighted by Crippen LogP contribution is -2.12. The molecule has 2 aromatic rings. The topological polar surface area (TPSA) is 31.2 Å². The van der Waals surface area contributed by atoms with Gasteiger partial charge in [0, 0.05) is 18.1 Å². The number of alkyl halides is 3. The molecule has 2 atom stereocenters. The lowest BCUT2D eigenvalue weighted by atomic mass is 10.1. The number of aromatic nitrogens is 1. The molecule has 3 nitrogen and oxygen atoms in total. The minimum absolute atomic E-state index is 0.0653. The average molecular weight is 412 g/mol. The quantitative estimate of drug-likeness (QED) is 0.583. The lowest BCUT2D eigenvalue weighted by Gasteiger charge is -2.13. The number of allylic oxidation sites excluding steroid dienone is 2. The maximum atomic E-state index is 12.7. The van der Waals surface area contributed by atoms with Crippen molar-refractivity contribution in [1.82, 2.24) is 4.57 Å². The van der Waals surface area contributed by atoms with E-state index in [2.05, 4.69) is 0 Å². The van der Waals surface area contributed by atoms with Crippen LogP contribution < -0.4 is 0 Å². The summed E-state index contributed by atoms with van der Waals surface area (Å²) in [7, 11) is 0. The smallest absolute Gasteiger partial charge is 0.426 e. The van der Waals surface area contributed by atoms with Crippen molar-refractivity contribution in [3.05, 3.63) is 65.0 Å². The molecule has 1 aromatic heterocycles. The minimum atomic E-state index is -4.61. The van der Waals surface area contributed by atoms with Gasteiger partial charge in [-0.3, -0.25) is 4.79 Å². The standard InChI is InChI=1S/C21H21ClF3NO2/c1-13-14(7-6-8-16(13)26-9-4-5-10-26)12-28-19(27)18-15(20(18,2)3)11-17(22)21(23,24)25/h4-11,15,18H,12H2,1-3H3/t15-,18-/m1/s1. The van der Waals surface area contributed by atoms with Gasteiger partial charge >= 0.3 is 12.1 Å². The molecule has 1 heterocycles. The third kappa shape index (κ3) is 3.97. The molecule has 1 fully saturated rings. The molecular formula is C21H21ClF3NO2. The molecule has 0 aliphatic heterocycles. The van der Waals surface area contributed by atoms with Crippen molar-refractivity contribution in [1.29, 1.82) is 0 Å². The molecule has 0 N–H and O–H groups in total. The summed E-state index contributed by atoms with van der Waals surface area (Å²) in [6.07, 6.45) is 0.161. The fraction of sp³-hybridized carbons (Fsp3) is 0.381. The van der Waals surface area contributed by atoms with Crippen LogP contribution in [0, 0.1) is 24.2 Å². The van der Waals surface area contributed by atoms with E-state index < -0.39 is 34.4 Å². The number of benzene rings is 1. The Morgan fingerprint density at radius 3 is 2.50 bits per heavy atom. The summed E-state index contributed by atoms with van der Waals surface area (Å²) in [5, 5.41) is -1.20. The first-order valence-corrected chi connectivity index (χ1v) is 9.24. The number of nitrogens with zero attached hydrogens (tertiary/aromatic N) is 1. The summed E-state index contributed by atoms with van der Waals surface area (Å²) in [4.78, 5) is 12.5. The van der Waals surface area contributed by atoms with Gasteiger partial charge in [-0.05, 0) is 47.6 Å². The minimum Gasteiger partial charge on any atom is -0.461 e. The van der Waals surface area contributed by atoms with Crippen molar-refractivity contribution in [2.45, 2.75) is 33.6 Å². The van der Waals surface area contributed by atoms with E-state index in [0.717, 1.165) is 22.9 Å². The van der Waals surface area contributed by atoms with Gasteiger partial charge in [0.25, 0.3) is 0 Å². The Kier molecular flexibility index (Phi) is 5.36. The summed E-state index contributed by atoms with van der Waals surface area (Å²) in [6, 6.07) is 9.54. The van der Waals surface area contributed by atoms with Crippen LogP contribution >= 0.6 is 11.6 Å². The molecule has 0 radical (unpaired) electrons. The predicted molar refractivity (Wildman–Crippen MR) is 101 cm³/mol. The molecule has 0 spiro atoms. The Morgan fingerprint density at radius 1 is 1.25 bits per heavy atom. The zero-order chi connectivity index (χ0) is 20.7. The third-order valence-corrected chi connectivity index (χ3v) is 5.77. The number of halogens is 4. The summed E-state index contributed by atoms with van der Waals surface area (Å²) < 4.78 is 45.4. The molecule has 1 aliphatic carbocycles. The number of hydrogen-bond donors (Lipinski definition) is 0. The number of hydrogen-bond acceptors (Lipinski definition) is 2. The van der Waals surface area contributed by atoms with Gasteiger partial charge in [-0.25, -0.2) is 0 Å². The van der Waals surface area contributed by atoms with Crippen molar-refractivity contribution >= 4 is 17.6 Å². The number of rotatable bonds is 5. The lowest BCUT2D eigenvalue weighted by molar-refractivity contribution is -0.147. The summed E-state index contributed by atoms with van der Waals surface area (Å²) in [6.45, 7) is 5.47. The fourth-order valence-corrected chi connectivity index (χ4v) is 3.67. The van der Waals surface area contributed by atoms with Crippen molar-refractivity contribution in [2.75, 3.05) is 0 Å². The van der Waals surface area contributed by atoms with Crippen LogP contribution in [0.4, 0.5) is 13.2 Å². The van der Waals surface area contributed by atoms with Crippen LogP contribution in [0.25, 0.3) is 5.69 Å². The van der Waals surface area contributed by atoms with Crippen LogP contribution in [0.3, 0.4) is 0 Å². The molecule has 3 rings (SSSR count). The predicted octanol–water partition coefficient (Wildman–Crippen LogP) is 5.79. The van der Waals surface area contributed by atoms with Gasteiger partial charge in [-0.15, -0.1) is 0 Å². The third-order valence-electron chi connectivity index (χ3n) is 5.43. The van der Waals surface area contributed by atoms with E-state index in [0.29, 0.717) is 0 Å². The maximum absolute atomic E-state index is 12.7. The Labute approximate surface area is 166 Å². The molecular weight excluding hydrogens is 391 g/mol. The Bertz CT molecular complexity index is 901. The van der Waals surface area contributed by atoms with Crippen molar-refractivity contribution in [2.24, 2.45) is 17.3 Å². The Morgan fingerprint density at radius 2 is 1.89 bits per heavy atom. The van der Waals surface area contributed by atoms with Gasteiger partial charge in [0.15, 0.2) is 0 Å². The monoisotopic (exact) mass is 411 g/mol. The van der Waals surface area contributed by atoms with Crippen LogP contribution in [0.15, 0.2) is 53.8 Å². The molecule has 150 valence electrons. The second kappa shape index (κ2) is 7.32. The maximum Gasteiger partial charge on any atom is 0.426 e. The molecule has 0 saturated heterocycles. The molecule has 1 aliphatic rings. The van der Waals surface area contributed by atoms with Crippen LogP contribution in [-0.4, -0.2) is 16.7 Å². The summed E-state index contributed by atoms with van der Waals surface area (Å²) in [5.41, 5.74) is 2.17.